The number of benzene rings is 2. The van der Waals surface area contributed by atoms with Gasteiger partial charge < -0.3 is 18.6 Å². The number of Topliss-reactive ketones (excluding diaryl/α,β-unsaturated/α-hetero) is 1. The summed E-state index contributed by atoms with van der Waals surface area (Å²) in [4.78, 5) is 52.5. The highest BCUT2D eigenvalue weighted by atomic mass is 32.2. The minimum atomic E-state index is -4.59. The maximum absolute atomic E-state index is 13.7. The largest absolute Gasteiger partial charge is 0.447 e. The molecule has 5 aliphatic rings. The quantitative estimate of drug-likeness (QED) is 0.206. The average molecular weight is 611 g/mol. The molecule has 3 aromatic rings. The second kappa shape index (κ2) is 9.12. The van der Waals surface area contributed by atoms with Crippen LogP contribution in [-0.2, 0) is 19.7 Å². The fourth-order valence-electron chi connectivity index (χ4n) is 7.89. The number of rotatable bonds is 7. The summed E-state index contributed by atoms with van der Waals surface area (Å²) in [6, 6.07) is 2.72. The van der Waals surface area contributed by atoms with Crippen molar-refractivity contribution >= 4 is 45.0 Å². The smallest absolute Gasteiger partial charge is 0.348 e. The second-order valence-electron chi connectivity index (χ2n) is 13.1. The second-order valence-corrected chi connectivity index (χ2v) is 14.4. The maximum atomic E-state index is 13.7. The summed E-state index contributed by atoms with van der Waals surface area (Å²) in [5.41, 5.74) is -0.900. The first-order valence-electron chi connectivity index (χ1n) is 14.5. The summed E-state index contributed by atoms with van der Waals surface area (Å²) < 4.78 is 57.1. The molecule has 1 aliphatic heterocycles. The first-order chi connectivity index (χ1) is 20.2. The minimum Gasteiger partial charge on any atom is -0.447 e. The van der Waals surface area contributed by atoms with Crippen LogP contribution in [0.5, 0.6) is 17.2 Å². The zero-order valence-corrected chi connectivity index (χ0v) is 24.8. The molecule has 4 fully saturated rings. The molecule has 4 saturated carbocycles. The first kappa shape index (κ1) is 28.0. The van der Waals surface area contributed by atoms with Crippen molar-refractivity contribution in [1.82, 2.24) is 0 Å². The maximum Gasteiger partial charge on any atom is 0.348 e. The number of hydrogen-bond acceptors (Lipinski definition) is 10. The molecule has 2 atom stereocenters. The van der Waals surface area contributed by atoms with E-state index >= 15 is 0 Å². The van der Waals surface area contributed by atoms with E-state index in [-0.39, 0.29) is 90.9 Å². The Hall–Kier alpha value is -3.77. The van der Waals surface area contributed by atoms with Gasteiger partial charge in [-0.2, -0.15) is 8.42 Å². The SMILES string of the molecule is CC(C)c1cc(OC(=O)c2c3c4oc2c(OC(=O)C25CC6CC(C2)C(=O)C(C6)C5)c4OC3=O)cc(C(C)C)c1S(=O)(=O)O. The molecule has 0 radical (unpaired) electrons. The van der Waals surface area contributed by atoms with Crippen molar-refractivity contribution in [1.29, 1.82) is 0 Å². The van der Waals surface area contributed by atoms with E-state index in [1.807, 2.05) is 0 Å². The Bertz CT molecular complexity index is 1810. The molecule has 226 valence electrons. The lowest BCUT2D eigenvalue weighted by molar-refractivity contribution is -0.167. The van der Waals surface area contributed by atoms with E-state index in [0.29, 0.717) is 19.3 Å². The van der Waals surface area contributed by atoms with Gasteiger partial charge in [-0.25, -0.2) is 9.59 Å². The lowest BCUT2D eigenvalue weighted by atomic mass is 9.49. The zero-order valence-electron chi connectivity index (χ0n) is 24.0. The molecule has 2 aromatic heterocycles. The van der Waals surface area contributed by atoms with Crippen molar-refractivity contribution in [3.05, 3.63) is 34.4 Å². The van der Waals surface area contributed by atoms with Gasteiger partial charge in [0.05, 0.1) is 5.41 Å². The highest BCUT2D eigenvalue weighted by Gasteiger charge is 2.59. The van der Waals surface area contributed by atoms with Crippen molar-refractivity contribution < 1.29 is 50.8 Å². The van der Waals surface area contributed by atoms with Gasteiger partial charge in [-0.3, -0.25) is 14.1 Å². The van der Waals surface area contributed by atoms with Gasteiger partial charge in [0.25, 0.3) is 10.1 Å². The van der Waals surface area contributed by atoms with Gasteiger partial charge in [-0.05, 0) is 73.1 Å². The van der Waals surface area contributed by atoms with Crippen LogP contribution in [0.1, 0.15) is 103 Å². The molecule has 4 aliphatic carbocycles. The van der Waals surface area contributed by atoms with Crippen LogP contribution < -0.4 is 14.2 Å². The number of fused-ring (bicyclic) bond motifs is 1. The van der Waals surface area contributed by atoms with Crippen LogP contribution in [0.3, 0.4) is 0 Å². The van der Waals surface area contributed by atoms with Gasteiger partial charge in [-0.1, -0.05) is 27.7 Å². The highest BCUT2D eigenvalue weighted by Crippen LogP contribution is 2.60. The molecule has 0 saturated heterocycles. The van der Waals surface area contributed by atoms with Crippen LogP contribution in [0.25, 0.3) is 11.2 Å². The van der Waals surface area contributed by atoms with Crippen molar-refractivity contribution in [2.45, 2.75) is 76.5 Å². The van der Waals surface area contributed by atoms with Crippen molar-refractivity contribution in [3.63, 3.8) is 0 Å². The monoisotopic (exact) mass is 610 g/mol. The Labute approximate surface area is 246 Å². The van der Waals surface area contributed by atoms with Gasteiger partial charge in [0, 0.05) is 11.8 Å². The molecule has 6 bridgehead atoms. The predicted molar refractivity (Wildman–Crippen MR) is 148 cm³/mol. The van der Waals surface area contributed by atoms with Crippen LogP contribution in [0, 0.1) is 23.2 Å². The normalized spacial score (nSPS) is 25.8. The summed E-state index contributed by atoms with van der Waals surface area (Å²) >= 11 is 0. The van der Waals surface area contributed by atoms with Crippen molar-refractivity contribution in [3.8, 4) is 17.2 Å². The fraction of sp³-hybridized carbons (Fsp3) is 0.484. The number of furan rings is 2. The Morgan fingerprint density at radius 2 is 1.56 bits per heavy atom. The van der Waals surface area contributed by atoms with Gasteiger partial charge in [0.2, 0.25) is 11.5 Å². The van der Waals surface area contributed by atoms with Gasteiger partial charge >= 0.3 is 17.9 Å². The zero-order chi connectivity index (χ0) is 30.7. The summed E-state index contributed by atoms with van der Waals surface area (Å²) in [5.74, 6) is -3.14. The Morgan fingerprint density at radius 1 is 0.953 bits per heavy atom. The molecular weight excluding hydrogens is 580 g/mol. The van der Waals surface area contributed by atoms with E-state index in [0.717, 1.165) is 12.8 Å². The third-order valence-electron chi connectivity index (χ3n) is 9.58. The van der Waals surface area contributed by atoms with Crippen molar-refractivity contribution in [2.24, 2.45) is 23.2 Å². The van der Waals surface area contributed by atoms with E-state index in [1.54, 1.807) is 27.7 Å². The number of carbonyl (C=O) groups is 4. The third-order valence-corrected chi connectivity index (χ3v) is 10.6. The third kappa shape index (κ3) is 4.06. The highest BCUT2D eigenvalue weighted by molar-refractivity contribution is 7.86. The Kier molecular flexibility index (Phi) is 5.94. The summed E-state index contributed by atoms with van der Waals surface area (Å²) in [6.07, 6.45) is 3.03. The number of ketones is 1. The number of ether oxygens (including phenoxy) is 3. The fourth-order valence-corrected chi connectivity index (χ4v) is 9.08. The Balaban J connectivity index is 1.24. The predicted octanol–water partition coefficient (Wildman–Crippen LogP) is 5.42. The van der Waals surface area contributed by atoms with E-state index in [9.17, 15) is 32.1 Å². The average Bonchev–Trinajstić information content (AvgIpc) is 3.54. The molecule has 8 rings (SSSR count). The molecule has 2 unspecified atom stereocenters. The number of hydrogen-bond donors (Lipinski definition) is 1. The standard InChI is InChI=1S/C31H30O11S/c1-12(2)18-7-17(8-19(13(3)4)27(18)43(36,37)38)39-28(33)20-21-23-25(41-29(21)34)26(24(20)40-23)42-30(35)31-9-14-5-15(10-31)22(32)16(6-14)11-31/h7-8,12-16H,5-6,9-11H2,1-4H3,(H,36,37,38). The van der Waals surface area contributed by atoms with E-state index in [4.69, 9.17) is 18.6 Å². The molecule has 0 amide bonds. The Morgan fingerprint density at radius 3 is 2.12 bits per heavy atom. The van der Waals surface area contributed by atoms with Crippen LogP contribution in [0.15, 0.2) is 21.4 Å². The van der Waals surface area contributed by atoms with Crippen LogP contribution in [-0.4, -0.2) is 36.7 Å². The van der Waals surface area contributed by atoms with E-state index in [2.05, 4.69) is 0 Å². The molecule has 11 nitrogen and oxygen atoms in total. The van der Waals surface area contributed by atoms with Crippen LogP contribution in [0.4, 0.5) is 0 Å². The van der Waals surface area contributed by atoms with Crippen LogP contribution >= 0.6 is 0 Å². The van der Waals surface area contributed by atoms with Gasteiger partial charge in [-0.15, -0.1) is 0 Å². The summed E-state index contributed by atoms with van der Waals surface area (Å²) in [6.45, 7) is 6.95. The van der Waals surface area contributed by atoms with Gasteiger partial charge in [0.1, 0.15) is 27.6 Å². The molecular formula is C31H30O11S. The molecule has 43 heavy (non-hydrogen) atoms. The van der Waals surface area contributed by atoms with E-state index < -0.39 is 33.4 Å². The van der Waals surface area contributed by atoms with Gasteiger partial charge in [0.15, 0.2) is 11.2 Å². The molecule has 0 spiro atoms. The lowest BCUT2D eigenvalue weighted by Crippen LogP contribution is -2.55. The summed E-state index contributed by atoms with van der Waals surface area (Å²) in [7, 11) is -4.59. The minimum absolute atomic E-state index is 0.00128. The number of esters is 3. The molecule has 3 heterocycles. The van der Waals surface area contributed by atoms with Crippen LogP contribution in [0.2, 0.25) is 0 Å². The molecule has 1 aromatic carbocycles. The molecule has 1 N–H and O–H groups in total. The van der Waals surface area contributed by atoms with Crippen molar-refractivity contribution in [2.75, 3.05) is 0 Å². The first-order valence-corrected chi connectivity index (χ1v) is 15.9. The topological polar surface area (TPSA) is 163 Å². The van der Waals surface area contributed by atoms with E-state index in [1.165, 1.54) is 12.1 Å². The summed E-state index contributed by atoms with van der Waals surface area (Å²) in [5, 5.41) is 0. The lowest BCUT2D eigenvalue weighted by Gasteiger charge is -2.53. The molecule has 12 heteroatoms. The number of carbonyl (C=O) groups excluding carboxylic acids is 4.